The Kier molecular flexibility index (Phi) is 7.61. The molecule has 2 saturated heterocycles. The second-order valence-electron chi connectivity index (χ2n) is 5.88. The van der Waals surface area contributed by atoms with Gasteiger partial charge in [-0.1, -0.05) is 18.2 Å². The number of halogens is 2. The van der Waals surface area contributed by atoms with Gasteiger partial charge in [0.15, 0.2) is 0 Å². The molecule has 0 bridgehead atoms. The third-order valence-electron chi connectivity index (χ3n) is 4.50. The highest BCUT2D eigenvalue weighted by Gasteiger charge is 2.39. The summed E-state index contributed by atoms with van der Waals surface area (Å²) in [7, 11) is 0. The van der Waals surface area contributed by atoms with Gasteiger partial charge >= 0.3 is 0 Å². The SMILES string of the molecule is Cl.Cl.NC1(C(=O)N2CCN(c3ccccc3)CC2)CCOCC1. The number of piperazine rings is 1. The number of rotatable bonds is 2. The van der Waals surface area contributed by atoms with E-state index >= 15 is 0 Å². The molecule has 0 aliphatic carbocycles. The van der Waals surface area contributed by atoms with Crippen LogP contribution in [-0.4, -0.2) is 55.7 Å². The zero-order valence-corrected chi connectivity index (χ0v) is 14.8. The number of para-hydroxylation sites is 1. The van der Waals surface area contributed by atoms with E-state index in [4.69, 9.17) is 10.5 Å². The van der Waals surface area contributed by atoms with Crippen molar-refractivity contribution < 1.29 is 9.53 Å². The maximum absolute atomic E-state index is 12.6. The maximum atomic E-state index is 12.6. The van der Waals surface area contributed by atoms with E-state index in [1.807, 2.05) is 23.1 Å². The number of nitrogens with zero attached hydrogens (tertiary/aromatic N) is 2. The third-order valence-corrected chi connectivity index (χ3v) is 4.50. The first-order valence-corrected chi connectivity index (χ1v) is 7.65. The minimum Gasteiger partial charge on any atom is -0.381 e. The smallest absolute Gasteiger partial charge is 0.242 e. The fourth-order valence-corrected chi connectivity index (χ4v) is 3.07. The molecule has 2 fully saturated rings. The molecular formula is C16H25Cl2N3O2. The van der Waals surface area contributed by atoms with Crippen molar-refractivity contribution >= 4 is 36.4 Å². The van der Waals surface area contributed by atoms with Crippen LogP contribution in [0.5, 0.6) is 0 Å². The Balaban J connectivity index is 0.00000132. The van der Waals surface area contributed by atoms with Gasteiger partial charge in [-0.3, -0.25) is 4.79 Å². The number of nitrogens with two attached hydrogens (primary N) is 1. The Morgan fingerprint density at radius 2 is 1.57 bits per heavy atom. The predicted octanol–water partition coefficient (Wildman–Crippen LogP) is 1.69. The van der Waals surface area contributed by atoms with Gasteiger partial charge in [-0.15, -0.1) is 24.8 Å². The number of hydrogen-bond donors (Lipinski definition) is 1. The van der Waals surface area contributed by atoms with Gasteiger partial charge in [0.2, 0.25) is 5.91 Å². The van der Waals surface area contributed by atoms with E-state index in [1.165, 1.54) is 5.69 Å². The molecule has 130 valence electrons. The molecule has 7 heteroatoms. The highest BCUT2D eigenvalue weighted by atomic mass is 35.5. The van der Waals surface area contributed by atoms with E-state index in [2.05, 4.69) is 17.0 Å². The van der Waals surface area contributed by atoms with Crippen LogP contribution in [0.4, 0.5) is 5.69 Å². The molecule has 1 amide bonds. The van der Waals surface area contributed by atoms with Crippen LogP contribution in [0.15, 0.2) is 30.3 Å². The van der Waals surface area contributed by atoms with Crippen LogP contribution in [0.3, 0.4) is 0 Å². The van der Waals surface area contributed by atoms with Gasteiger partial charge in [-0.25, -0.2) is 0 Å². The van der Waals surface area contributed by atoms with Gasteiger partial charge in [0.1, 0.15) is 0 Å². The highest BCUT2D eigenvalue weighted by Crippen LogP contribution is 2.22. The summed E-state index contributed by atoms with van der Waals surface area (Å²) in [5.41, 5.74) is 6.80. The molecule has 1 aromatic rings. The van der Waals surface area contributed by atoms with Crippen molar-refractivity contribution in [2.24, 2.45) is 5.73 Å². The number of carbonyl (C=O) groups excluding carboxylic acids is 1. The molecule has 0 atom stereocenters. The molecule has 23 heavy (non-hydrogen) atoms. The molecule has 2 aliphatic heterocycles. The van der Waals surface area contributed by atoms with E-state index in [0.717, 1.165) is 26.2 Å². The van der Waals surface area contributed by atoms with Crippen LogP contribution in [0.1, 0.15) is 12.8 Å². The van der Waals surface area contributed by atoms with Crippen molar-refractivity contribution in [3.05, 3.63) is 30.3 Å². The molecule has 2 N–H and O–H groups in total. The molecule has 0 aromatic heterocycles. The summed E-state index contributed by atoms with van der Waals surface area (Å²) in [6.45, 7) is 4.39. The summed E-state index contributed by atoms with van der Waals surface area (Å²) in [6.07, 6.45) is 1.26. The summed E-state index contributed by atoms with van der Waals surface area (Å²) in [5.74, 6) is 0.0958. The maximum Gasteiger partial charge on any atom is 0.242 e. The third kappa shape index (κ3) is 4.51. The number of amides is 1. The predicted molar refractivity (Wildman–Crippen MR) is 96.7 cm³/mol. The van der Waals surface area contributed by atoms with Crippen LogP contribution >= 0.6 is 24.8 Å². The fourth-order valence-electron chi connectivity index (χ4n) is 3.07. The van der Waals surface area contributed by atoms with Crippen molar-refractivity contribution in [3.8, 4) is 0 Å². The summed E-state index contributed by atoms with van der Waals surface area (Å²) in [5, 5.41) is 0. The largest absolute Gasteiger partial charge is 0.381 e. The molecule has 0 spiro atoms. The first-order valence-electron chi connectivity index (χ1n) is 7.65. The molecule has 5 nitrogen and oxygen atoms in total. The lowest BCUT2D eigenvalue weighted by molar-refractivity contribution is -0.140. The monoisotopic (exact) mass is 361 g/mol. The van der Waals surface area contributed by atoms with Crippen LogP contribution in [0, 0.1) is 0 Å². The number of carbonyl (C=O) groups is 1. The lowest BCUT2D eigenvalue weighted by Crippen LogP contribution is -2.61. The average molecular weight is 362 g/mol. The molecular weight excluding hydrogens is 337 g/mol. The van der Waals surface area contributed by atoms with Gasteiger partial charge in [0, 0.05) is 45.1 Å². The standard InChI is InChI=1S/C16H23N3O2.2ClH/c17-16(6-12-21-13-7-16)15(20)19-10-8-18(9-11-19)14-4-2-1-3-5-14;;/h1-5H,6-13,17H2;2*1H. The number of ether oxygens (including phenoxy) is 1. The number of anilines is 1. The first kappa shape index (κ1) is 20.0. The molecule has 0 saturated carbocycles. The average Bonchev–Trinajstić information content (AvgIpc) is 2.56. The Bertz CT molecular complexity index is 487. The van der Waals surface area contributed by atoms with Gasteiger partial charge in [0.05, 0.1) is 5.54 Å². The van der Waals surface area contributed by atoms with E-state index in [-0.39, 0.29) is 30.7 Å². The Hall–Kier alpha value is -1.01. The van der Waals surface area contributed by atoms with Gasteiger partial charge in [-0.05, 0) is 25.0 Å². The van der Waals surface area contributed by atoms with E-state index < -0.39 is 5.54 Å². The Labute approximate surface area is 150 Å². The first-order chi connectivity index (χ1) is 10.2. The van der Waals surface area contributed by atoms with Crippen molar-refractivity contribution in [1.82, 2.24) is 4.90 Å². The summed E-state index contributed by atoms with van der Waals surface area (Å²) >= 11 is 0. The second-order valence-corrected chi connectivity index (χ2v) is 5.88. The van der Waals surface area contributed by atoms with Gasteiger partial charge < -0.3 is 20.3 Å². The second kappa shape index (κ2) is 8.73. The van der Waals surface area contributed by atoms with Crippen LogP contribution in [0.25, 0.3) is 0 Å². The lowest BCUT2D eigenvalue weighted by Gasteiger charge is -2.41. The molecule has 3 rings (SSSR count). The summed E-state index contributed by atoms with van der Waals surface area (Å²) in [6, 6.07) is 10.3. The minimum atomic E-state index is -0.715. The molecule has 2 aliphatic rings. The normalized spacial score (nSPS) is 20.2. The zero-order valence-electron chi connectivity index (χ0n) is 13.1. The van der Waals surface area contributed by atoms with E-state index in [9.17, 15) is 4.79 Å². The van der Waals surface area contributed by atoms with Crippen LogP contribution in [0.2, 0.25) is 0 Å². The fraction of sp³-hybridized carbons (Fsp3) is 0.562. The van der Waals surface area contributed by atoms with Crippen molar-refractivity contribution in [3.63, 3.8) is 0 Å². The zero-order chi connectivity index (χ0) is 14.7. The summed E-state index contributed by atoms with van der Waals surface area (Å²) in [4.78, 5) is 16.9. The van der Waals surface area contributed by atoms with Gasteiger partial charge in [0.25, 0.3) is 0 Å². The van der Waals surface area contributed by atoms with E-state index in [1.54, 1.807) is 0 Å². The molecule has 1 aromatic carbocycles. The topological polar surface area (TPSA) is 58.8 Å². The Morgan fingerprint density at radius 3 is 2.13 bits per heavy atom. The molecule has 0 radical (unpaired) electrons. The molecule has 2 heterocycles. The number of hydrogen-bond acceptors (Lipinski definition) is 4. The van der Waals surface area contributed by atoms with Crippen molar-refractivity contribution in [2.75, 3.05) is 44.3 Å². The van der Waals surface area contributed by atoms with E-state index in [0.29, 0.717) is 26.1 Å². The number of benzene rings is 1. The molecule has 0 unspecified atom stereocenters. The van der Waals surface area contributed by atoms with Crippen LogP contribution < -0.4 is 10.6 Å². The van der Waals surface area contributed by atoms with Crippen molar-refractivity contribution in [1.29, 1.82) is 0 Å². The highest BCUT2D eigenvalue weighted by molar-refractivity contribution is 5.86. The van der Waals surface area contributed by atoms with Crippen LogP contribution in [-0.2, 0) is 9.53 Å². The summed E-state index contributed by atoms with van der Waals surface area (Å²) < 4.78 is 5.32. The lowest BCUT2D eigenvalue weighted by atomic mass is 9.89. The minimum absolute atomic E-state index is 0. The van der Waals surface area contributed by atoms with Crippen molar-refractivity contribution in [2.45, 2.75) is 18.4 Å². The quantitative estimate of drug-likeness (QED) is 0.870. The van der Waals surface area contributed by atoms with Gasteiger partial charge in [-0.2, -0.15) is 0 Å². The Morgan fingerprint density at radius 1 is 1.00 bits per heavy atom.